The van der Waals surface area contributed by atoms with Crippen LogP contribution in [-0.4, -0.2) is 22.5 Å². The second-order valence-electron chi connectivity index (χ2n) is 2.38. The first-order valence-corrected chi connectivity index (χ1v) is 5.41. The van der Waals surface area contributed by atoms with E-state index in [1.54, 1.807) is 0 Å². The zero-order chi connectivity index (χ0) is 8.43. The number of rotatable bonds is 2. The minimum atomic E-state index is -0.207. The first kappa shape index (κ1) is 9.19. The fourth-order valence-corrected chi connectivity index (χ4v) is 2.52. The van der Waals surface area contributed by atoms with E-state index in [0.717, 1.165) is 0 Å². The molecule has 0 bridgehead atoms. The number of carbonyl (C=O) groups is 2. The standard InChI is InChI=1S/C6H7Br2NO2/c7-1-3-4(2-8)6(11)9-5(3)10/h3-4H,1-2H2,(H,9,10,11). The molecule has 1 fully saturated rings. The van der Waals surface area contributed by atoms with Gasteiger partial charge in [0, 0.05) is 10.7 Å². The van der Waals surface area contributed by atoms with Crippen molar-refractivity contribution in [2.24, 2.45) is 11.8 Å². The fraction of sp³-hybridized carbons (Fsp3) is 0.667. The van der Waals surface area contributed by atoms with Gasteiger partial charge in [0.05, 0.1) is 11.8 Å². The Morgan fingerprint density at radius 1 is 1.09 bits per heavy atom. The van der Waals surface area contributed by atoms with Crippen molar-refractivity contribution in [1.82, 2.24) is 5.32 Å². The van der Waals surface area contributed by atoms with Crippen LogP contribution in [0.5, 0.6) is 0 Å². The highest BCUT2D eigenvalue weighted by atomic mass is 79.9. The van der Waals surface area contributed by atoms with E-state index in [4.69, 9.17) is 0 Å². The smallest absolute Gasteiger partial charge is 0.231 e. The van der Waals surface area contributed by atoms with Crippen LogP contribution < -0.4 is 5.32 Å². The zero-order valence-electron chi connectivity index (χ0n) is 5.64. The van der Waals surface area contributed by atoms with Crippen LogP contribution in [0.2, 0.25) is 0 Å². The lowest BCUT2D eigenvalue weighted by Gasteiger charge is -2.07. The number of hydrogen-bond acceptors (Lipinski definition) is 2. The number of carbonyl (C=O) groups excluding carboxylic acids is 2. The summed E-state index contributed by atoms with van der Waals surface area (Å²) in [5.41, 5.74) is 0. The number of alkyl halides is 2. The molecule has 1 saturated heterocycles. The average molecular weight is 285 g/mol. The van der Waals surface area contributed by atoms with Crippen LogP contribution in [-0.2, 0) is 9.59 Å². The van der Waals surface area contributed by atoms with Crippen molar-refractivity contribution in [2.45, 2.75) is 0 Å². The number of amides is 2. The van der Waals surface area contributed by atoms with E-state index in [1.807, 2.05) is 0 Å². The second-order valence-corrected chi connectivity index (χ2v) is 3.67. The van der Waals surface area contributed by atoms with Crippen molar-refractivity contribution in [2.75, 3.05) is 10.7 Å². The maximum Gasteiger partial charge on any atom is 0.231 e. The molecule has 0 aromatic carbocycles. The van der Waals surface area contributed by atoms with Crippen molar-refractivity contribution in [3.8, 4) is 0 Å². The van der Waals surface area contributed by atoms with Crippen LogP contribution >= 0.6 is 31.9 Å². The number of hydrogen-bond donors (Lipinski definition) is 1. The molecule has 1 aliphatic heterocycles. The summed E-state index contributed by atoms with van der Waals surface area (Å²) in [4.78, 5) is 22.0. The Morgan fingerprint density at radius 2 is 1.45 bits per heavy atom. The molecule has 1 N–H and O–H groups in total. The Bertz CT molecular complexity index is 175. The Hall–Kier alpha value is 0.1000. The van der Waals surface area contributed by atoms with Gasteiger partial charge in [-0.2, -0.15) is 0 Å². The van der Waals surface area contributed by atoms with Gasteiger partial charge in [0.25, 0.3) is 0 Å². The molecule has 2 amide bonds. The summed E-state index contributed by atoms with van der Waals surface area (Å²) in [6, 6.07) is 0. The van der Waals surface area contributed by atoms with Gasteiger partial charge in [0.15, 0.2) is 0 Å². The third-order valence-corrected chi connectivity index (χ3v) is 3.13. The summed E-state index contributed by atoms with van der Waals surface area (Å²) in [6.07, 6.45) is 0. The molecule has 1 aliphatic rings. The predicted octanol–water partition coefficient (Wildman–Crippen LogP) is 0.665. The van der Waals surface area contributed by atoms with Gasteiger partial charge in [-0.1, -0.05) is 31.9 Å². The molecule has 62 valence electrons. The van der Waals surface area contributed by atoms with E-state index in [9.17, 15) is 9.59 Å². The van der Waals surface area contributed by atoms with Crippen LogP contribution in [0.3, 0.4) is 0 Å². The Balaban J connectivity index is 2.74. The maximum absolute atomic E-state index is 11.0. The van der Waals surface area contributed by atoms with E-state index in [-0.39, 0.29) is 23.7 Å². The van der Waals surface area contributed by atoms with Gasteiger partial charge < -0.3 is 0 Å². The number of nitrogens with one attached hydrogen (secondary N) is 1. The SMILES string of the molecule is O=C1NC(=O)C(CBr)C1CBr. The highest BCUT2D eigenvalue weighted by molar-refractivity contribution is 9.09. The lowest BCUT2D eigenvalue weighted by atomic mass is 10.00. The van der Waals surface area contributed by atoms with E-state index in [0.29, 0.717) is 10.7 Å². The monoisotopic (exact) mass is 283 g/mol. The van der Waals surface area contributed by atoms with Crippen molar-refractivity contribution in [3.05, 3.63) is 0 Å². The van der Waals surface area contributed by atoms with E-state index >= 15 is 0 Å². The van der Waals surface area contributed by atoms with Gasteiger partial charge in [-0.25, -0.2) is 0 Å². The number of halogens is 2. The Morgan fingerprint density at radius 3 is 1.73 bits per heavy atom. The van der Waals surface area contributed by atoms with Crippen LogP contribution in [0.1, 0.15) is 0 Å². The largest absolute Gasteiger partial charge is 0.296 e. The molecular formula is C6H7Br2NO2. The zero-order valence-corrected chi connectivity index (χ0v) is 8.81. The average Bonchev–Trinajstić information content (AvgIpc) is 2.24. The summed E-state index contributed by atoms with van der Waals surface area (Å²) in [5.74, 6) is -0.753. The van der Waals surface area contributed by atoms with E-state index in [1.165, 1.54) is 0 Å². The van der Waals surface area contributed by atoms with Gasteiger partial charge in [-0.15, -0.1) is 0 Å². The molecule has 0 aromatic rings. The molecule has 0 spiro atoms. The molecule has 0 aliphatic carbocycles. The van der Waals surface area contributed by atoms with Crippen LogP contribution in [0.15, 0.2) is 0 Å². The lowest BCUT2D eigenvalue weighted by molar-refractivity contribution is -0.125. The normalized spacial score (nSPS) is 30.7. The molecule has 1 rings (SSSR count). The first-order valence-electron chi connectivity index (χ1n) is 3.17. The molecule has 5 heteroatoms. The first-order chi connectivity index (χ1) is 5.20. The van der Waals surface area contributed by atoms with Gasteiger partial charge >= 0.3 is 0 Å². The fourth-order valence-electron chi connectivity index (χ4n) is 1.03. The van der Waals surface area contributed by atoms with Crippen molar-refractivity contribution < 1.29 is 9.59 Å². The molecule has 2 unspecified atom stereocenters. The second kappa shape index (κ2) is 3.67. The lowest BCUT2D eigenvalue weighted by Crippen LogP contribution is -2.22. The molecule has 0 aromatic heterocycles. The molecular weight excluding hydrogens is 278 g/mol. The highest BCUT2D eigenvalue weighted by Gasteiger charge is 2.39. The Labute approximate surface area is 81.2 Å². The third kappa shape index (κ3) is 1.64. The minimum absolute atomic E-state index is 0.170. The minimum Gasteiger partial charge on any atom is -0.296 e. The van der Waals surface area contributed by atoms with Gasteiger partial charge in [-0.05, 0) is 0 Å². The van der Waals surface area contributed by atoms with Crippen LogP contribution in [0.25, 0.3) is 0 Å². The summed E-state index contributed by atoms with van der Waals surface area (Å²) < 4.78 is 0. The summed E-state index contributed by atoms with van der Waals surface area (Å²) in [5, 5.41) is 3.37. The summed E-state index contributed by atoms with van der Waals surface area (Å²) in [7, 11) is 0. The molecule has 2 atom stereocenters. The predicted molar refractivity (Wildman–Crippen MR) is 47.7 cm³/mol. The third-order valence-electron chi connectivity index (χ3n) is 1.74. The molecule has 0 radical (unpaired) electrons. The van der Waals surface area contributed by atoms with E-state index < -0.39 is 0 Å². The number of imide groups is 1. The molecule has 11 heavy (non-hydrogen) atoms. The molecule has 3 nitrogen and oxygen atoms in total. The van der Waals surface area contributed by atoms with Crippen molar-refractivity contribution in [3.63, 3.8) is 0 Å². The molecule has 1 heterocycles. The van der Waals surface area contributed by atoms with Crippen molar-refractivity contribution in [1.29, 1.82) is 0 Å². The van der Waals surface area contributed by atoms with Crippen LogP contribution in [0.4, 0.5) is 0 Å². The van der Waals surface area contributed by atoms with Gasteiger partial charge in [-0.3, -0.25) is 14.9 Å². The van der Waals surface area contributed by atoms with E-state index in [2.05, 4.69) is 37.2 Å². The highest BCUT2D eigenvalue weighted by Crippen LogP contribution is 2.22. The molecule has 0 saturated carbocycles. The van der Waals surface area contributed by atoms with Gasteiger partial charge in [0.2, 0.25) is 11.8 Å². The summed E-state index contributed by atoms with van der Waals surface area (Å²) >= 11 is 6.38. The Kier molecular flexibility index (Phi) is 3.06. The van der Waals surface area contributed by atoms with Gasteiger partial charge in [0.1, 0.15) is 0 Å². The maximum atomic E-state index is 11.0. The van der Waals surface area contributed by atoms with Crippen LogP contribution in [0, 0.1) is 11.8 Å². The topological polar surface area (TPSA) is 46.2 Å². The van der Waals surface area contributed by atoms with Crippen molar-refractivity contribution >= 4 is 43.7 Å². The quantitative estimate of drug-likeness (QED) is 0.598. The summed E-state index contributed by atoms with van der Waals surface area (Å²) in [6.45, 7) is 0.